The first-order chi connectivity index (χ1) is 7.17. The zero-order chi connectivity index (χ0) is 11.3. The van der Waals surface area contributed by atoms with E-state index in [1.165, 1.54) is 0 Å². The molecule has 0 aliphatic heterocycles. The maximum atomic E-state index is 11.9. The van der Waals surface area contributed by atoms with Gasteiger partial charge in [0.1, 0.15) is 0 Å². The Hall–Kier alpha value is -0.970. The number of halogens is 2. The quantitative estimate of drug-likeness (QED) is 0.787. The highest BCUT2D eigenvalue weighted by Crippen LogP contribution is 2.05. The van der Waals surface area contributed by atoms with Crippen LogP contribution in [0.1, 0.15) is 25.2 Å². The summed E-state index contributed by atoms with van der Waals surface area (Å²) in [5.74, 6) is 0. The predicted octanol–water partition coefficient (Wildman–Crippen LogP) is 1.82. The van der Waals surface area contributed by atoms with Gasteiger partial charge in [-0.15, -0.1) is 0 Å². The Labute approximate surface area is 88.5 Å². The summed E-state index contributed by atoms with van der Waals surface area (Å²) >= 11 is 0. The molecule has 0 aliphatic carbocycles. The zero-order valence-corrected chi connectivity index (χ0v) is 9.13. The van der Waals surface area contributed by atoms with E-state index in [0.29, 0.717) is 6.54 Å². The van der Waals surface area contributed by atoms with Crippen molar-refractivity contribution in [2.45, 2.75) is 39.8 Å². The fraction of sp³-hybridized carbons (Fsp3) is 0.700. The maximum Gasteiger partial charge on any atom is 0.250 e. The number of alkyl halides is 2. The summed E-state index contributed by atoms with van der Waals surface area (Å²) in [7, 11) is 0. The molecule has 0 saturated carbocycles. The van der Waals surface area contributed by atoms with Crippen LogP contribution in [0.15, 0.2) is 6.07 Å². The zero-order valence-electron chi connectivity index (χ0n) is 9.13. The van der Waals surface area contributed by atoms with E-state index >= 15 is 0 Å². The average Bonchev–Trinajstić information content (AvgIpc) is 2.60. The van der Waals surface area contributed by atoms with Gasteiger partial charge < -0.3 is 5.32 Å². The second-order valence-electron chi connectivity index (χ2n) is 3.32. The summed E-state index contributed by atoms with van der Waals surface area (Å²) in [5.41, 5.74) is 1.97. The third kappa shape index (κ3) is 3.58. The highest BCUT2D eigenvalue weighted by molar-refractivity contribution is 5.10. The van der Waals surface area contributed by atoms with Crippen LogP contribution >= 0.6 is 0 Å². The second-order valence-corrected chi connectivity index (χ2v) is 3.32. The molecule has 1 rings (SSSR count). The van der Waals surface area contributed by atoms with Gasteiger partial charge in [0.05, 0.1) is 17.9 Å². The normalized spacial score (nSPS) is 11.3. The summed E-state index contributed by atoms with van der Waals surface area (Å²) in [6.45, 7) is 4.97. The van der Waals surface area contributed by atoms with E-state index in [-0.39, 0.29) is 6.54 Å². The van der Waals surface area contributed by atoms with E-state index in [1.807, 2.05) is 24.6 Å². The molecule has 0 fully saturated rings. The van der Waals surface area contributed by atoms with Gasteiger partial charge in [-0.2, -0.15) is 5.10 Å². The van der Waals surface area contributed by atoms with Gasteiger partial charge in [-0.3, -0.25) is 4.68 Å². The second kappa shape index (κ2) is 5.80. The van der Waals surface area contributed by atoms with Gasteiger partial charge >= 0.3 is 0 Å². The molecule has 0 spiro atoms. The lowest BCUT2D eigenvalue weighted by Crippen LogP contribution is -2.22. The molecule has 5 heteroatoms. The Kier molecular flexibility index (Phi) is 4.68. The van der Waals surface area contributed by atoms with Crippen LogP contribution in [0.3, 0.4) is 0 Å². The van der Waals surface area contributed by atoms with E-state index in [0.717, 1.165) is 24.4 Å². The van der Waals surface area contributed by atoms with Crippen molar-refractivity contribution in [2.75, 3.05) is 6.54 Å². The summed E-state index contributed by atoms with van der Waals surface area (Å²) in [6.07, 6.45) is -1.43. The monoisotopic (exact) mass is 217 g/mol. The third-order valence-electron chi connectivity index (χ3n) is 2.18. The molecule has 0 amide bonds. The van der Waals surface area contributed by atoms with Crippen molar-refractivity contribution in [1.82, 2.24) is 15.1 Å². The first-order valence-corrected chi connectivity index (χ1v) is 5.21. The van der Waals surface area contributed by atoms with E-state index in [1.54, 1.807) is 0 Å². The molecule has 1 aromatic heterocycles. The first kappa shape index (κ1) is 12.1. The van der Waals surface area contributed by atoms with Crippen LogP contribution < -0.4 is 5.32 Å². The van der Waals surface area contributed by atoms with Crippen LogP contribution in [-0.4, -0.2) is 22.8 Å². The molecule has 1 aromatic rings. The molecule has 86 valence electrons. The Bertz CT molecular complexity index is 297. The largest absolute Gasteiger partial charge is 0.306 e. The fourth-order valence-corrected chi connectivity index (χ4v) is 1.41. The minimum Gasteiger partial charge on any atom is -0.306 e. The lowest BCUT2D eigenvalue weighted by atomic mass is 10.3. The van der Waals surface area contributed by atoms with Crippen LogP contribution in [0.25, 0.3) is 0 Å². The molecule has 0 aromatic carbocycles. The molecule has 3 nitrogen and oxygen atoms in total. The number of aromatic nitrogens is 2. The van der Waals surface area contributed by atoms with Crippen LogP contribution in [0, 0.1) is 0 Å². The predicted molar refractivity (Wildman–Crippen MR) is 55.0 cm³/mol. The van der Waals surface area contributed by atoms with Crippen molar-refractivity contribution in [3.63, 3.8) is 0 Å². The maximum absolute atomic E-state index is 11.9. The summed E-state index contributed by atoms with van der Waals surface area (Å²) in [4.78, 5) is 0. The SMILES string of the molecule is CCc1cc(CNCC(F)F)n(CC)n1. The smallest absolute Gasteiger partial charge is 0.250 e. The highest BCUT2D eigenvalue weighted by atomic mass is 19.3. The van der Waals surface area contributed by atoms with E-state index in [2.05, 4.69) is 10.4 Å². The molecular weight excluding hydrogens is 200 g/mol. The topological polar surface area (TPSA) is 29.9 Å². The van der Waals surface area contributed by atoms with Crippen molar-refractivity contribution < 1.29 is 8.78 Å². The molecule has 1 N–H and O–H groups in total. The van der Waals surface area contributed by atoms with Crippen molar-refractivity contribution in [3.8, 4) is 0 Å². The molecule has 0 saturated heterocycles. The number of hydrogen-bond acceptors (Lipinski definition) is 2. The molecule has 0 radical (unpaired) electrons. The standard InChI is InChI=1S/C10H17F2N3/c1-3-8-5-9(15(4-2)14-8)6-13-7-10(11)12/h5,10,13H,3-4,6-7H2,1-2H3. The van der Waals surface area contributed by atoms with Gasteiger partial charge in [-0.1, -0.05) is 6.92 Å². The van der Waals surface area contributed by atoms with Gasteiger partial charge in [0, 0.05) is 13.1 Å². The Morgan fingerprint density at radius 3 is 2.73 bits per heavy atom. The van der Waals surface area contributed by atoms with Crippen LogP contribution in [0.5, 0.6) is 0 Å². The number of nitrogens with zero attached hydrogens (tertiary/aromatic N) is 2. The van der Waals surface area contributed by atoms with Crippen molar-refractivity contribution in [3.05, 3.63) is 17.5 Å². The molecule has 0 unspecified atom stereocenters. The van der Waals surface area contributed by atoms with Gasteiger partial charge in [0.15, 0.2) is 0 Å². The fourth-order valence-electron chi connectivity index (χ4n) is 1.41. The van der Waals surface area contributed by atoms with Gasteiger partial charge in [0.2, 0.25) is 0 Å². The van der Waals surface area contributed by atoms with E-state index in [9.17, 15) is 8.78 Å². The number of nitrogens with one attached hydrogen (secondary N) is 1. The molecule has 15 heavy (non-hydrogen) atoms. The summed E-state index contributed by atoms with van der Waals surface area (Å²) in [5, 5.41) is 7.04. The molecule has 0 atom stereocenters. The van der Waals surface area contributed by atoms with Gasteiger partial charge in [0.25, 0.3) is 6.43 Å². The van der Waals surface area contributed by atoms with Crippen LogP contribution in [0.4, 0.5) is 8.78 Å². The summed E-state index contributed by atoms with van der Waals surface area (Å²) < 4.78 is 25.7. The third-order valence-corrected chi connectivity index (χ3v) is 2.18. The minimum atomic E-state index is -2.30. The molecule has 0 aliphatic rings. The van der Waals surface area contributed by atoms with Crippen LogP contribution in [-0.2, 0) is 19.5 Å². The van der Waals surface area contributed by atoms with Crippen molar-refractivity contribution >= 4 is 0 Å². The first-order valence-electron chi connectivity index (χ1n) is 5.21. The number of aryl methyl sites for hydroxylation is 2. The van der Waals surface area contributed by atoms with E-state index in [4.69, 9.17) is 0 Å². The van der Waals surface area contributed by atoms with Gasteiger partial charge in [-0.05, 0) is 19.4 Å². The average molecular weight is 217 g/mol. The highest BCUT2D eigenvalue weighted by Gasteiger charge is 2.06. The molecule has 1 heterocycles. The number of hydrogen-bond donors (Lipinski definition) is 1. The lowest BCUT2D eigenvalue weighted by Gasteiger charge is -2.05. The molecule has 0 bridgehead atoms. The Morgan fingerprint density at radius 1 is 1.47 bits per heavy atom. The Morgan fingerprint density at radius 2 is 2.20 bits per heavy atom. The minimum absolute atomic E-state index is 0.268. The van der Waals surface area contributed by atoms with Crippen molar-refractivity contribution in [1.29, 1.82) is 0 Å². The summed E-state index contributed by atoms with van der Waals surface area (Å²) in [6, 6.07) is 1.96. The Balaban J connectivity index is 2.54. The van der Waals surface area contributed by atoms with Gasteiger partial charge in [-0.25, -0.2) is 8.78 Å². The van der Waals surface area contributed by atoms with Crippen LogP contribution in [0.2, 0.25) is 0 Å². The van der Waals surface area contributed by atoms with E-state index < -0.39 is 6.43 Å². The molecular formula is C10H17F2N3. The number of rotatable bonds is 6. The van der Waals surface area contributed by atoms with Crippen molar-refractivity contribution in [2.24, 2.45) is 0 Å². The lowest BCUT2D eigenvalue weighted by molar-refractivity contribution is 0.145.